The maximum atomic E-state index is 9.16. The van der Waals surface area contributed by atoms with Crippen LogP contribution in [-0.4, -0.2) is 11.1 Å². The Kier molecular flexibility index (Phi) is 3.59. The fourth-order valence-corrected chi connectivity index (χ4v) is 1.69. The third-order valence-corrected chi connectivity index (χ3v) is 2.46. The number of pyridine rings is 1. The number of hydrogen-bond donors (Lipinski definition) is 0. The molecule has 0 aliphatic heterocycles. The summed E-state index contributed by atoms with van der Waals surface area (Å²) in [4.78, 5) is 4.07. The molecule has 0 unspecified atom stereocenters. The van der Waals surface area contributed by atoms with Crippen molar-refractivity contribution in [1.82, 2.24) is 4.98 Å². The normalized spacial score (nSPS) is 10.1. The highest BCUT2D eigenvalue weighted by molar-refractivity contribution is 5.66. The van der Waals surface area contributed by atoms with E-state index in [0.29, 0.717) is 11.3 Å². The van der Waals surface area contributed by atoms with Crippen molar-refractivity contribution in [2.45, 2.75) is 20.0 Å². The summed E-state index contributed by atoms with van der Waals surface area (Å²) in [7, 11) is 0. The van der Waals surface area contributed by atoms with Crippen molar-refractivity contribution >= 4 is 0 Å². The van der Waals surface area contributed by atoms with Crippen LogP contribution in [0.25, 0.3) is 11.1 Å². The van der Waals surface area contributed by atoms with Gasteiger partial charge < -0.3 is 4.74 Å². The third-order valence-electron chi connectivity index (χ3n) is 2.46. The van der Waals surface area contributed by atoms with Gasteiger partial charge in [-0.3, -0.25) is 4.98 Å². The zero-order valence-electron chi connectivity index (χ0n) is 10.4. The molecule has 1 aromatic carbocycles. The summed E-state index contributed by atoms with van der Waals surface area (Å²) >= 11 is 0. The van der Waals surface area contributed by atoms with Crippen molar-refractivity contribution in [3.8, 4) is 22.9 Å². The summed E-state index contributed by atoms with van der Waals surface area (Å²) in [6, 6.07) is 11.6. The summed E-state index contributed by atoms with van der Waals surface area (Å²) in [5.74, 6) is 0.625. The minimum Gasteiger partial charge on any atom is -0.490 e. The number of benzene rings is 1. The highest BCUT2D eigenvalue weighted by Crippen LogP contribution is 2.26. The number of hydrogen-bond acceptors (Lipinski definition) is 3. The van der Waals surface area contributed by atoms with Gasteiger partial charge in [-0.15, -0.1) is 0 Å². The van der Waals surface area contributed by atoms with Crippen molar-refractivity contribution in [2.75, 3.05) is 0 Å². The molecule has 90 valence electrons. The SMILES string of the molecule is CC(C)Oc1ccc(-c2cccnc2)cc1C#N. The predicted octanol–water partition coefficient (Wildman–Crippen LogP) is 3.41. The lowest BCUT2D eigenvalue weighted by atomic mass is 10.0. The van der Waals surface area contributed by atoms with E-state index in [1.807, 2.05) is 44.2 Å². The molecular formula is C15H14N2O. The maximum absolute atomic E-state index is 9.16. The Balaban J connectivity index is 2.40. The lowest BCUT2D eigenvalue weighted by molar-refractivity contribution is 0.242. The average Bonchev–Trinajstić information content (AvgIpc) is 2.39. The summed E-state index contributed by atoms with van der Waals surface area (Å²) in [6.45, 7) is 3.88. The van der Waals surface area contributed by atoms with Gasteiger partial charge in [0.2, 0.25) is 0 Å². The van der Waals surface area contributed by atoms with Gasteiger partial charge in [0.1, 0.15) is 11.8 Å². The summed E-state index contributed by atoms with van der Waals surface area (Å²) in [6.07, 6.45) is 3.56. The quantitative estimate of drug-likeness (QED) is 0.823. The second-order valence-corrected chi connectivity index (χ2v) is 4.23. The molecule has 0 saturated carbocycles. The fourth-order valence-electron chi connectivity index (χ4n) is 1.69. The van der Waals surface area contributed by atoms with Gasteiger partial charge >= 0.3 is 0 Å². The van der Waals surface area contributed by atoms with Crippen LogP contribution in [0.2, 0.25) is 0 Å². The largest absolute Gasteiger partial charge is 0.490 e. The molecular weight excluding hydrogens is 224 g/mol. The van der Waals surface area contributed by atoms with Crippen molar-refractivity contribution in [1.29, 1.82) is 5.26 Å². The van der Waals surface area contributed by atoms with Gasteiger partial charge in [-0.25, -0.2) is 0 Å². The Bertz CT molecular complexity index is 571. The maximum Gasteiger partial charge on any atom is 0.137 e. The third kappa shape index (κ3) is 2.67. The lowest BCUT2D eigenvalue weighted by Gasteiger charge is -2.12. The van der Waals surface area contributed by atoms with Crippen molar-refractivity contribution in [3.63, 3.8) is 0 Å². The first kappa shape index (κ1) is 12.1. The van der Waals surface area contributed by atoms with Crippen LogP contribution in [0, 0.1) is 11.3 Å². The van der Waals surface area contributed by atoms with Gasteiger partial charge in [0.15, 0.2) is 0 Å². The minimum atomic E-state index is 0.0568. The molecule has 0 radical (unpaired) electrons. The van der Waals surface area contributed by atoms with Gasteiger partial charge in [0, 0.05) is 18.0 Å². The molecule has 3 heteroatoms. The Morgan fingerprint density at radius 1 is 1.22 bits per heavy atom. The van der Waals surface area contributed by atoms with Crippen molar-refractivity contribution in [3.05, 3.63) is 48.3 Å². The molecule has 1 heterocycles. The molecule has 0 aliphatic carbocycles. The van der Waals surface area contributed by atoms with Gasteiger partial charge in [0.25, 0.3) is 0 Å². The summed E-state index contributed by atoms with van der Waals surface area (Å²) in [5, 5.41) is 9.16. The fraction of sp³-hybridized carbons (Fsp3) is 0.200. The van der Waals surface area contributed by atoms with E-state index in [-0.39, 0.29) is 6.10 Å². The standard InChI is InChI=1S/C15H14N2O/c1-11(2)18-15-6-5-12(8-14(15)9-16)13-4-3-7-17-10-13/h3-8,10-11H,1-2H3. The highest BCUT2D eigenvalue weighted by Gasteiger charge is 2.07. The number of ether oxygens (including phenoxy) is 1. The van der Waals surface area contributed by atoms with Crippen LogP contribution in [0.5, 0.6) is 5.75 Å². The first-order chi connectivity index (χ1) is 8.70. The van der Waals surface area contributed by atoms with Crippen LogP contribution in [0.3, 0.4) is 0 Å². The summed E-state index contributed by atoms with van der Waals surface area (Å²) < 4.78 is 5.59. The van der Waals surface area contributed by atoms with Crippen LogP contribution in [0.4, 0.5) is 0 Å². The summed E-state index contributed by atoms with van der Waals surface area (Å²) in [5.41, 5.74) is 2.51. The topological polar surface area (TPSA) is 45.9 Å². The van der Waals surface area contributed by atoms with E-state index in [1.165, 1.54) is 0 Å². The number of nitrogens with zero attached hydrogens (tertiary/aromatic N) is 2. The van der Waals surface area contributed by atoms with Crippen molar-refractivity contribution in [2.24, 2.45) is 0 Å². The smallest absolute Gasteiger partial charge is 0.137 e. The molecule has 3 nitrogen and oxygen atoms in total. The van der Waals surface area contributed by atoms with Gasteiger partial charge in [-0.2, -0.15) is 5.26 Å². The molecule has 2 rings (SSSR count). The Morgan fingerprint density at radius 3 is 2.67 bits per heavy atom. The molecule has 2 aromatic rings. The first-order valence-corrected chi connectivity index (χ1v) is 5.82. The lowest BCUT2D eigenvalue weighted by Crippen LogP contribution is -2.06. The Morgan fingerprint density at radius 2 is 2.06 bits per heavy atom. The van der Waals surface area contributed by atoms with Crippen molar-refractivity contribution < 1.29 is 4.74 Å². The van der Waals surface area contributed by atoms with E-state index in [2.05, 4.69) is 11.1 Å². The second kappa shape index (κ2) is 5.33. The molecule has 0 spiro atoms. The van der Waals surface area contributed by atoms with Crippen LogP contribution in [0.1, 0.15) is 19.4 Å². The molecule has 0 N–H and O–H groups in total. The van der Waals surface area contributed by atoms with E-state index in [0.717, 1.165) is 11.1 Å². The minimum absolute atomic E-state index is 0.0568. The van der Waals surface area contributed by atoms with Crippen LogP contribution >= 0.6 is 0 Å². The number of aromatic nitrogens is 1. The van der Waals surface area contributed by atoms with Crippen LogP contribution < -0.4 is 4.74 Å². The molecule has 0 aliphatic rings. The number of rotatable bonds is 3. The van der Waals surface area contributed by atoms with Crippen LogP contribution in [-0.2, 0) is 0 Å². The first-order valence-electron chi connectivity index (χ1n) is 5.82. The zero-order chi connectivity index (χ0) is 13.0. The Labute approximate surface area is 107 Å². The average molecular weight is 238 g/mol. The Hall–Kier alpha value is -2.34. The molecule has 0 bridgehead atoms. The van der Waals surface area contributed by atoms with E-state index in [9.17, 15) is 0 Å². The molecule has 0 saturated heterocycles. The number of nitriles is 1. The van der Waals surface area contributed by atoms with E-state index in [1.54, 1.807) is 12.4 Å². The van der Waals surface area contributed by atoms with E-state index in [4.69, 9.17) is 10.00 Å². The molecule has 1 aromatic heterocycles. The van der Waals surface area contributed by atoms with Crippen LogP contribution in [0.15, 0.2) is 42.7 Å². The highest BCUT2D eigenvalue weighted by atomic mass is 16.5. The van der Waals surface area contributed by atoms with Gasteiger partial charge in [-0.1, -0.05) is 12.1 Å². The second-order valence-electron chi connectivity index (χ2n) is 4.23. The molecule has 0 amide bonds. The van der Waals surface area contributed by atoms with E-state index < -0.39 is 0 Å². The zero-order valence-corrected chi connectivity index (χ0v) is 10.4. The van der Waals surface area contributed by atoms with Gasteiger partial charge in [0.05, 0.1) is 11.7 Å². The van der Waals surface area contributed by atoms with E-state index >= 15 is 0 Å². The monoisotopic (exact) mass is 238 g/mol. The molecule has 18 heavy (non-hydrogen) atoms. The molecule has 0 atom stereocenters. The van der Waals surface area contributed by atoms with Gasteiger partial charge in [-0.05, 0) is 37.6 Å². The predicted molar refractivity (Wildman–Crippen MR) is 70.2 cm³/mol. The molecule has 0 fully saturated rings.